The summed E-state index contributed by atoms with van der Waals surface area (Å²) >= 11 is 0. The molecule has 0 aliphatic rings. The molecule has 0 unspecified atom stereocenters. The Morgan fingerprint density at radius 2 is 2.03 bits per heavy atom. The molecule has 1 amide bonds. The average molecular weight is 413 g/mol. The molecule has 2 heterocycles. The molecule has 12 heteroatoms. The molecular weight excluding hydrogens is 390 g/mol. The Bertz CT molecular complexity index is 1050. The molecule has 1 aromatic carbocycles. The normalized spacial score (nSPS) is 11.8. The van der Waals surface area contributed by atoms with Crippen molar-refractivity contribution in [3.05, 3.63) is 41.2 Å². The number of aromatic nitrogens is 5. The number of phenols is 1. The summed E-state index contributed by atoms with van der Waals surface area (Å²) in [6, 6.07) is 6.69. The summed E-state index contributed by atoms with van der Waals surface area (Å²) in [5.41, 5.74) is 9.70. The zero-order valence-corrected chi connectivity index (χ0v) is 16.9. The van der Waals surface area contributed by atoms with Gasteiger partial charge in [0.15, 0.2) is 5.69 Å². The molecule has 0 spiro atoms. The number of carbonyl (C=O) groups is 1. The molecule has 2 aromatic heterocycles. The number of rotatable bonds is 8. The highest BCUT2D eigenvalue weighted by molar-refractivity contribution is 6.02. The maximum atomic E-state index is 13.0. The Labute approximate surface area is 172 Å². The summed E-state index contributed by atoms with van der Waals surface area (Å²) in [5, 5.41) is 29.4. The van der Waals surface area contributed by atoms with Crippen LogP contribution in [0.4, 0.5) is 5.82 Å². The second kappa shape index (κ2) is 9.13. The second-order valence-electron chi connectivity index (χ2n) is 6.39. The number of nitrogens with zero attached hydrogens (tertiary/aromatic N) is 7. The molecule has 0 aliphatic carbocycles. The summed E-state index contributed by atoms with van der Waals surface area (Å²) in [5.74, 6) is -0.486. The highest BCUT2D eigenvalue weighted by Gasteiger charge is 2.26. The maximum absolute atomic E-state index is 13.0. The zero-order chi connectivity index (χ0) is 21.7. The Balaban J connectivity index is 1.94. The van der Waals surface area contributed by atoms with Gasteiger partial charge in [0.25, 0.3) is 5.91 Å². The predicted molar refractivity (Wildman–Crippen MR) is 108 cm³/mol. The fourth-order valence-corrected chi connectivity index (χ4v) is 2.82. The molecular formula is C18H23N9O3. The van der Waals surface area contributed by atoms with E-state index in [1.807, 2.05) is 13.8 Å². The number of amides is 1. The van der Waals surface area contributed by atoms with Gasteiger partial charge in [0, 0.05) is 12.1 Å². The van der Waals surface area contributed by atoms with Crippen molar-refractivity contribution in [3.63, 3.8) is 0 Å². The summed E-state index contributed by atoms with van der Waals surface area (Å²) in [6.45, 7) is 7.61. The van der Waals surface area contributed by atoms with Gasteiger partial charge >= 0.3 is 0 Å². The first-order valence-electron chi connectivity index (χ1n) is 9.34. The lowest BCUT2D eigenvalue weighted by atomic mass is 10.1. The lowest BCUT2D eigenvalue weighted by Gasteiger charge is -2.16. The molecule has 4 N–H and O–H groups in total. The van der Waals surface area contributed by atoms with Crippen LogP contribution in [0, 0.1) is 0 Å². The smallest absolute Gasteiger partial charge is 0.292 e. The third-order valence-corrected chi connectivity index (χ3v) is 4.54. The molecule has 30 heavy (non-hydrogen) atoms. The molecule has 0 saturated carbocycles. The number of nitrogens with one attached hydrogen (secondary N) is 1. The van der Waals surface area contributed by atoms with Crippen LogP contribution in [-0.4, -0.2) is 60.0 Å². The number of hydrogen-bond acceptors (Lipinski definition) is 10. The van der Waals surface area contributed by atoms with Gasteiger partial charge in [-0.1, -0.05) is 31.2 Å². The van der Waals surface area contributed by atoms with Gasteiger partial charge < -0.3 is 10.8 Å². The number of carbonyl (C=O) groups excluding carboxylic acids is 1. The van der Waals surface area contributed by atoms with Crippen LogP contribution in [0.1, 0.15) is 42.5 Å². The summed E-state index contributed by atoms with van der Waals surface area (Å²) in [7, 11) is 0. The molecule has 0 saturated heterocycles. The quantitative estimate of drug-likeness (QED) is 0.360. The molecule has 0 atom stereocenters. The first-order chi connectivity index (χ1) is 14.5. The molecule has 0 bridgehead atoms. The van der Waals surface area contributed by atoms with E-state index in [0.29, 0.717) is 23.5 Å². The Morgan fingerprint density at radius 3 is 2.67 bits per heavy atom. The van der Waals surface area contributed by atoms with Crippen molar-refractivity contribution in [2.24, 2.45) is 5.10 Å². The molecule has 0 radical (unpaired) electrons. The van der Waals surface area contributed by atoms with E-state index in [2.05, 4.69) is 40.7 Å². The van der Waals surface area contributed by atoms with E-state index in [0.717, 1.165) is 13.1 Å². The number of benzene rings is 1. The van der Waals surface area contributed by atoms with Crippen molar-refractivity contribution in [2.75, 3.05) is 18.8 Å². The molecule has 3 rings (SSSR count). The maximum Gasteiger partial charge on any atom is 0.292 e. The average Bonchev–Trinajstić information content (AvgIpc) is 3.35. The van der Waals surface area contributed by atoms with Crippen LogP contribution in [0.15, 0.2) is 34.0 Å². The van der Waals surface area contributed by atoms with Gasteiger partial charge in [0.2, 0.25) is 11.6 Å². The van der Waals surface area contributed by atoms with E-state index in [9.17, 15) is 9.90 Å². The number of phenolic OH excluding ortho intramolecular Hbond substituents is 1. The fraction of sp³-hybridized carbons (Fsp3) is 0.333. The van der Waals surface area contributed by atoms with Gasteiger partial charge in [-0.15, -0.1) is 5.10 Å². The monoisotopic (exact) mass is 413 g/mol. The summed E-state index contributed by atoms with van der Waals surface area (Å²) < 4.78 is 5.80. The minimum atomic E-state index is -0.570. The standard InChI is InChI=1S/C18H23N9O3/c1-4-26(5-2)10-13-15(27(25-21-13)17-16(19)23-30-24-17)18(29)22-20-11(3)12-8-6-7-9-14(12)28/h6-9,28H,4-5,10H2,1-3H3,(H2,19,23)(H,22,29). The van der Waals surface area contributed by atoms with Crippen molar-refractivity contribution in [1.29, 1.82) is 0 Å². The minimum Gasteiger partial charge on any atom is -0.507 e. The summed E-state index contributed by atoms with van der Waals surface area (Å²) in [4.78, 5) is 15.1. The predicted octanol–water partition coefficient (Wildman–Crippen LogP) is 0.934. The van der Waals surface area contributed by atoms with Crippen LogP contribution < -0.4 is 11.2 Å². The number of hydrogen-bond donors (Lipinski definition) is 3. The lowest BCUT2D eigenvalue weighted by Crippen LogP contribution is -2.27. The highest BCUT2D eigenvalue weighted by Crippen LogP contribution is 2.18. The molecule has 12 nitrogen and oxygen atoms in total. The van der Waals surface area contributed by atoms with E-state index >= 15 is 0 Å². The van der Waals surface area contributed by atoms with Gasteiger partial charge in [0.05, 0.1) is 5.71 Å². The van der Waals surface area contributed by atoms with Gasteiger partial charge in [-0.05, 0) is 42.5 Å². The highest BCUT2D eigenvalue weighted by atomic mass is 16.6. The van der Waals surface area contributed by atoms with E-state index in [1.54, 1.807) is 25.1 Å². The van der Waals surface area contributed by atoms with E-state index in [1.165, 1.54) is 10.7 Å². The Morgan fingerprint density at radius 1 is 1.30 bits per heavy atom. The van der Waals surface area contributed by atoms with Crippen LogP contribution in [0.3, 0.4) is 0 Å². The van der Waals surface area contributed by atoms with Crippen molar-refractivity contribution in [2.45, 2.75) is 27.3 Å². The van der Waals surface area contributed by atoms with E-state index in [-0.39, 0.29) is 23.1 Å². The van der Waals surface area contributed by atoms with E-state index in [4.69, 9.17) is 5.73 Å². The molecule has 0 aliphatic heterocycles. The SMILES string of the molecule is CCN(CC)Cc1nnn(-c2nonc2N)c1C(=O)NN=C(C)c1ccccc1O. The zero-order valence-electron chi connectivity index (χ0n) is 16.9. The topological polar surface area (TPSA) is 161 Å². The lowest BCUT2D eigenvalue weighted by molar-refractivity contribution is 0.0944. The van der Waals surface area contributed by atoms with Gasteiger partial charge in [-0.25, -0.2) is 10.1 Å². The van der Waals surface area contributed by atoms with Crippen molar-refractivity contribution in [1.82, 2.24) is 35.6 Å². The van der Waals surface area contributed by atoms with Crippen LogP contribution in [-0.2, 0) is 6.54 Å². The number of anilines is 1. The third kappa shape index (κ3) is 4.27. The molecule has 0 fully saturated rings. The molecule has 158 valence electrons. The number of aromatic hydroxyl groups is 1. The number of hydrazone groups is 1. The van der Waals surface area contributed by atoms with E-state index < -0.39 is 5.91 Å². The van der Waals surface area contributed by atoms with Crippen molar-refractivity contribution >= 4 is 17.4 Å². The third-order valence-electron chi connectivity index (χ3n) is 4.54. The Kier molecular flexibility index (Phi) is 6.37. The van der Waals surface area contributed by atoms with Gasteiger partial charge in [0.1, 0.15) is 11.4 Å². The number of nitrogen functional groups attached to an aromatic ring is 1. The van der Waals surface area contributed by atoms with Crippen molar-refractivity contribution in [3.8, 4) is 11.6 Å². The van der Waals surface area contributed by atoms with Crippen LogP contribution in [0.25, 0.3) is 5.82 Å². The number of nitrogens with two attached hydrogens (primary N) is 1. The minimum absolute atomic E-state index is 0.0303. The van der Waals surface area contributed by atoms with Gasteiger partial charge in [-0.3, -0.25) is 9.69 Å². The second-order valence-corrected chi connectivity index (χ2v) is 6.39. The Hall–Kier alpha value is -3.80. The first kappa shape index (κ1) is 20.9. The van der Waals surface area contributed by atoms with Crippen molar-refractivity contribution < 1.29 is 14.5 Å². The molecule has 3 aromatic rings. The largest absolute Gasteiger partial charge is 0.507 e. The first-order valence-corrected chi connectivity index (χ1v) is 9.34. The van der Waals surface area contributed by atoms with Crippen LogP contribution in [0.2, 0.25) is 0 Å². The number of para-hydroxylation sites is 1. The fourth-order valence-electron chi connectivity index (χ4n) is 2.82. The summed E-state index contributed by atoms with van der Waals surface area (Å²) in [6.07, 6.45) is 0. The van der Waals surface area contributed by atoms with Crippen LogP contribution in [0.5, 0.6) is 5.75 Å². The van der Waals surface area contributed by atoms with Crippen LogP contribution >= 0.6 is 0 Å². The van der Waals surface area contributed by atoms with Gasteiger partial charge in [-0.2, -0.15) is 9.78 Å².